The van der Waals surface area contributed by atoms with Gasteiger partial charge in [-0.1, -0.05) is 0 Å². The first kappa shape index (κ1) is 18.0. The second kappa shape index (κ2) is 7.23. The van der Waals surface area contributed by atoms with Gasteiger partial charge in [-0.15, -0.1) is 0 Å². The fourth-order valence-corrected chi connectivity index (χ4v) is 2.91. The third-order valence-corrected chi connectivity index (χ3v) is 4.12. The van der Waals surface area contributed by atoms with Gasteiger partial charge in [0.05, 0.1) is 0 Å². The van der Waals surface area contributed by atoms with Gasteiger partial charge in [-0.3, -0.25) is 4.79 Å². The summed E-state index contributed by atoms with van der Waals surface area (Å²) in [5.41, 5.74) is 1.41. The summed E-state index contributed by atoms with van der Waals surface area (Å²) in [6.07, 6.45) is 1.30. The molecule has 1 N–H and O–H groups in total. The summed E-state index contributed by atoms with van der Waals surface area (Å²) < 4.78 is 10.8. The Bertz CT molecular complexity index is 774. The molecule has 1 saturated heterocycles. The molecule has 0 spiro atoms. The molecule has 0 radical (unpaired) electrons. The molecule has 26 heavy (non-hydrogen) atoms. The molecule has 1 aliphatic rings. The Kier molecular flexibility index (Phi) is 5.02. The molecule has 1 aromatic heterocycles. The average Bonchev–Trinajstić information content (AvgIpc) is 3.23. The molecule has 1 aromatic carbocycles. The summed E-state index contributed by atoms with van der Waals surface area (Å²) in [4.78, 5) is 24.6. The Labute approximate surface area is 153 Å². The first-order valence-electron chi connectivity index (χ1n) is 8.74. The molecule has 0 saturated carbocycles. The number of carbonyl (C=O) groups excluding carboxylic acids is 2. The number of anilines is 1. The van der Waals surface area contributed by atoms with Gasteiger partial charge >= 0.3 is 6.09 Å². The molecule has 1 atom stereocenters. The molecule has 6 nitrogen and oxygen atoms in total. The van der Waals surface area contributed by atoms with Gasteiger partial charge in [-0.2, -0.15) is 0 Å². The number of furan rings is 1. The van der Waals surface area contributed by atoms with E-state index >= 15 is 0 Å². The van der Waals surface area contributed by atoms with Crippen LogP contribution in [0.15, 0.2) is 40.8 Å². The van der Waals surface area contributed by atoms with Gasteiger partial charge in [0.2, 0.25) is 0 Å². The number of likely N-dealkylation sites (tertiary alicyclic amines) is 1. The Morgan fingerprint density at radius 1 is 1.23 bits per heavy atom. The Morgan fingerprint density at radius 3 is 2.58 bits per heavy atom. The van der Waals surface area contributed by atoms with Crippen molar-refractivity contribution in [1.82, 2.24) is 4.90 Å². The van der Waals surface area contributed by atoms with Crippen LogP contribution in [0, 0.1) is 0 Å². The van der Waals surface area contributed by atoms with Crippen molar-refractivity contribution in [2.24, 2.45) is 0 Å². The summed E-state index contributed by atoms with van der Waals surface area (Å²) in [6, 6.07) is 11.4. The summed E-state index contributed by atoms with van der Waals surface area (Å²) in [5.74, 6) is 0.978. The number of rotatable bonds is 4. The Morgan fingerprint density at radius 2 is 1.96 bits per heavy atom. The second-order valence-corrected chi connectivity index (χ2v) is 7.45. The number of aldehydes is 1. The van der Waals surface area contributed by atoms with Crippen LogP contribution < -0.4 is 5.32 Å². The van der Waals surface area contributed by atoms with E-state index in [1.54, 1.807) is 17.0 Å². The van der Waals surface area contributed by atoms with Gasteiger partial charge in [-0.25, -0.2) is 4.79 Å². The fourth-order valence-electron chi connectivity index (χ4n) is 2.91. The lowest BCUT2D eigenvalue weighted by Gasteiger charge is -2.24. The van der Waals surface area contributed by atoms with E-state index in [-0.39, 0.29) is 12.1 Å². The van der Waals surface area contributed by atoms with Gasteiger partial charge in [0.15, 0.2) is 12.0 Å². The first-order valence-corrected chi connectivity index (χ1v) is 8.74. The molecule has 3 rings (SSSR count). The van der Waals surface area contributed by atoms with E-state index in [2.05, 4.69) is 5.32 Å². The number of amides is 1. The number of carbonyl (C=O) groups is 2. The van der Waals surface area contributed by atoms with E-state index < -0.39 is 5.60 Å². The minimum Gasteiger partial charge on any atom is -0.453 e. The highest BCUT2D eigenvalue weighted by atomic mass is 16.6. The summed E-state index contributed by atoms with van der Waals surface area (Å²) in [6.45, 7) is 6.92. The minimum absolute atomic E-state index is 0.193. The number of ether oxygens (including phenoxy) is 1. The van der Waals surface area contributed by atoms with E-state index in [0.29, 0.717) is 30.9 Å². The molecule has 1 aliphatic heterocycles. The number of benzene rings is 1. The SMILES string of the molecule is CC(C)(C)OC(=O)N1CCC(Nc2ccc(-c3ccc(C=O)o3)cc2)C1. The van der Waals surface area contributed by atoms with Crippen molar-refractivity contribution in [3.8, 4) is 11.3 Å². The van der Waals surface area contributed by atoms with Crippen molar-refractivity contribution in [1.29, 1.82) is 0 Å². The zero-order valence-electron chi connectivity index (χ0n) is 15.3. The van der Waals surface area contributed by atoms with E-state index in [9.17, 15) is 9.59 Å². The lowest BCUT2D eigenvalue weighted by molar-refractivity contribution is 0.0293. The lowest BCUT2D eigenvalue weighted by atomic mass is 10.1. The monoisotopic (exact) mass is 356 g/mol. The molecule has 1 amide bonds. The molecule has 6 heteroatoms. The summed E-state index contributed by atoms with van der Waals surface area (Å²) in [5, 5.41) is 3.45. The molecule has 138 valence electrons. The van der Waals surface area contributed by atoms with Crippen molar-refractivity contribution < 1.29 is 18.7 Å². The van der Waals surface area contributed by atoms with E-state index in [1.165, 1.54) is 0 Å². The quantitative estimate of drug-likeness (QED) is 0.832. The number of hydrogen-bond acceptors (Lipinski definition) is 5. The topological polar surface area (TPSA) is 71.8 Å². The van der Waals surface area contributed by atoms with Crippen molar-refractivity contribution in [2.75, 3.05) is 18.4 Å². The highest BCUT2D eigenvalue weighted by molar-refractivity contribution is 5.73. The molecule has 1 fully saturated rings. The largest absolute Gasteiger partial charge is 0.453 e. The van der Waals surface area contributed by atoms with E-state index in [1.807, 2.05) is 45.0 Å². The molecular formula is C20H24N2O4. The predicted octanol–water partition coefficient (Wildman–Crippen LogP) is 4.18. The zero-order valence-corrected chi connectivity index (χ0v) is 15.3. The van der Waals surface area contributed by atoms with Crippen molar-refractivity contribution >= 4 is 18.1 Å². The van der Waals surface area contributed by atoms with Crippen molar-refractivity contribution in [3.05, 3.63) is 42.2 Å². The fraction of sp³-hybridized carbons (Fsp3) is 0.400. The second-order valence-electron chi connectivity index (χ2n) is 7.45. The van der Waals surface area contributed by atoms with Crippen LogP contribution in [0.25, 0.3) is 11.3 Å². The maximum absolute atomic E-state index is 12.1. The maximum Gasteiger partial charge on any atom is 0.410 e. The minimum atomic E-state index is -0.478. The standard InChI is InChI=1S/C20H24N2O4/c1-20(2,3)26-19(24)22-11-10-16(12-22)21-15-6-4-14(5-7-15)18-9-8-17(13-23)25-18/h4-9,13,16,21H,10-12H2,1-3H3. The smallest absolute Gasteiger partial charge is 0.410 e. The molecule has 0 aliphatic carbocycles. The van der Waals surface area contributed by atoms with E-state index in [0.717, 1.165) is 17.7 Å². The maximum atomic E-state index is 12.1. The Balaban J connectivity index is 1.56. The zero-order chi connectivity index (χ0) is 18.7. The van der Waals surface area contributed by atoms with Crippen LogP contribution in [0.2, 0.25) is 0 Å². The van der Waals surface area contributed by atoms with E-state index in [4.69, 9.17) is 9.15 Å². The number of nitrogens with zero attached hydrogens (tertiary/aromatic N) is 1. The highest BCUT2D eigenvalue weighted by Gasteiger charge is 2.29. The molecule has 2 aromatic rings. The normalized spacial score (nSPS) is 17.2. The molecule has 2 heterocycles. The third-order valence-electron chi connectivity index (χ3n) is 4.12. The van der Waals surface area contributed by atoms with Gasteiger partial charge in [0.25, 0.3) is 0 Å². The van der Waals surface area contributed by atoms with Crippen LogP contribution in [-0.2, 0) is 4.74 Å². The van der Waals surface area contributed by atoms with Crippen LogP contribution >= 0.6 is 0 Å². The van der Waals surface area contributed by atoms with Crippen LogP contribution in [0.4, 0.5) is 10.5 Å². The lowest BCUT2D eigenvalue weighted by Crippen LogP contribution is -2.36. The molecule has 1 unspecified atom stereocenters. The molecule has 0 bridgehead atoms. The van der Waals surface area contributed by atoms with Gasteiger partial charge in [-0.05, 0) is 63.6 Å². The van der Waals surface area contributed by atoms with Crippen LogP contribution in [-0.4, -0.2) is 42.0 Å². The van der Waals surface area contributed by atoms with Crippen molar-refractivity contribution in [3.63, 3.8) is 0 Å². The highest BCUT2D eigenvalue weighted by Crippen LogP contribution is 2.24. The third kappa shape index (κ3) is 4.45. The van der Waals surface area contributed by atoms with Crippen molar-refractivity contribution in [2.45, 2.75) is 38.8 Å². The first-order chi connectivity index (χ1) is 12.3. The summed E-state index contributed by atoms with van der Waals surface area (Å²) >= 11 is 0. The average molecular weight is 356 g/mol. The van der Waals surface area contributed by atoms with Gasteiger partial charge in [0.1, 0.15) is 11.4 Å². The van der Waals surface area contributed by atoms with Gasteiger partial charge in [0, 0.05) is 30.4 Å². The predicted molar refractivity (Wildman–Crippen MR) is 99.4 cm³/mol. The molecular weight excluding hydrogens is 332 g/mol. The van der Waals surface area contributed by atoms with Crippen LogP contribution in [0.1, 0.15) is 37.7 Å². The summed E-state index contributed by atoms with van der Waals surface area (Å²) in [7, 11) is 0. The van der Waals surface area contributed by atoms with Crippen LogP contribution in [0.5, 0.6) is 0 Å². The van der Waals surface area contributed by atoms with Crippen LogP contribution in [0.3, 0.4) is 0 Å². The number of hydrogen-bond donors (Lipinski definition) is 1. The number of nitrogens with one attached hydrogen (secondary N) is 1. The van der Waals surface area contributed by atoms with Gasteiger partial charge < -0.3 is 19.4 Å². The Hall–Kier alpha value is -2.76.